The van der Waals surface area contributed by atoms with Crippen molar-refractivity contribution in [2.24, 2.45) is 0 Å². The lowest BCUT2D eigenvalue weighted by Gasteiger charge is -2.46. The highest BCUT2D eigenvalue weighted by atomic mass is 32.2. The summed E-state index contributed by atoms with van der Waals surface area (Å²) in [5.74, 6) is -2.05. The normalized spacial score (nSPS) is 34.8. The first-order chi connectivity index (χ1) is 12.4. The van der Waals surface area contributed by atoms with E-state index in [-0.39, 0.29) is 6.47 Å². The van der Waals surface area contributed by atoms with E-state index in [4.69, 9.17) is 4.74 Å². The highest BCUT2D eigenvalue weighted by Gasteiger charge is 2.85. The van der Waals surface area contributed by atoms with Crippen molar-refractivity contribution in [1.29, 1.82) is 0 Å². The Morgan fingerprint density at radius 3 is 2.73 bits per heavy atom. The van der Waals surface area contributed by atoms with Crippen molar-refractivity contribution in [2.45, 2.75) is 41.2 Å². The summed E-state index contributed by atoms with van der Waals surface area (Å²) in [6, 6.07) is 7.64. The summed E-state index contributed by atoms with van der Waals surface area (Å²) in [5.41, 5.74) is -0.685. The van der Waals surface area contributed by atoms with Gasteiger partial charge in [0.15, 0.2) is 5.54 Å². The molecule has 2 heterocycles. The summed E-state index contributed by atoms with van der Waals surface area (Å²) in [7, 11) is 0. The van der Waals surface area contributed by atoms with Crippen molar-refractivity contribution in [2.75, 3.05) is 0 Å². The molecule has 26 heavy (non-hydrogen) atoms. The van der Waals surface area contributed by atoms with E-state index in [9.17, 15) is 24.3 Å². The molecular formula is C17H16N2O6S. The molecule has 136 valence electrons. The molecule has 1 aliphatic carbocycles. The molecule has 2 aliphatic heterocycles. The Labute approximate surface area is 152 Å². The molecule has 0 bridgehead atoms. The number of rotatable bonds is 6. The van der Waals surface area contributed by atoms with E-state index < -0.39 is 45.6 Å². The van der Waals surface area contributed by atoms with Gasteiger partial charge in [-0.05, 0) is 6.92 Å². The Morgan fingerprint density at radius 2 is 2.12 bits per heavy atom. The van der Waals surface area contributed by atoms with E-state index in [1.807, 2.05) is 6.92 Å². The SMILES string of the molecule is CC12CC1(C(=O)O)N1C(=O)C(NC(=O)C(OC=O)c3ccccc3)[C@@H]1S2. The molecule has 2 N–H and O–H groups in total. The third-order valence-corrected chi connectivity index (χ3v) is 7.09. The predicted molar refractivity (Wildman–Crippen MR) is 89.9 cm³/mol. The van der Waals surface area contributed by atoms with Crippen LogP contribution in [0, 0.1) is 0 Å². The van der Waals surface area contributed by atoms with Gasteiger partial charge in [-0.25, -0.2) is 4.79 Å². The van der Waals surface area contributed by atoms with Crippen molar-refractivity contribution in [3.05, 3.63) is 35.9 Å². The summed E-state index contributed by atoms with van der Waals surface area (Å²) < 4.78 is 4.36. The zero-order valence-electron chi connectivity index (χ0n) is 13.7. The molecule has 1 aromatic rings. The monoisotopic (exact) mass is 376 g/mol. The average molecular weight is 376 g/mol. The Kier molecular flexibility index (Phi) is 3.56. The first kappa shape index (κ1) is 16.9. The Balaban J connectivity index is 1.50. The van der Waals surface area contributed by atoms with Crippen LogP contribution in [0.2, 0.25) is 0 Å². The molecule has 2 amide bonds. The van der Waals surface area contributed by atoms with Crippen LogP contribution in [0.4, 0.5) is 0 Å². The number of thioether (sulfide) groups is 1. The van der Waals surface area contributed by atoms with Gasteiger partial charge in [0, 0.05) is 12.0 Å². The van der Waals surface area contributed by atoms with Crippen LogP contribution in [0.15, 0.2) is 30.3 Å². The molecule has 3 aliphatic rings. The van der Waals surface area contributed by atoms with Gasteiger partial charge in [-0.3, -0.25) is 14.4 Å². The fourth-order valence-electron chi connectivity index (χ4n) is 3.92. The van der Waals surface area contributed by atoms with Gasteiger partial charge >= 0.3 is 5.97 Å². The molecule has 3 fully saturated rings. The number of carbonyl (C=O) groups excluding carboxylic acids is 3. The molecule has 0 radical (unpaired) electrons. The number of carboxylic acids is 1. The highest BCUT2D eigenvalue weighted by Crippen LogP contribution is 2.71. The van der Waals surface area contributed by atoms with Crippen LogP contribution in [-0.4, -0.2) is 56.0 Å². The molecular weight excluding hydrogens is 360 g/mol. The Bertz CT molecular complexity index is 817. The van der Waals surface area contributed by atoms with Crippen LogP contribution >= 0.6 is 11.8 Å². The van der Waals surface area contributed by atoms with Gasteiger partial charge in [0.05, 0.1) is 4.75 Å². The third kappa shape index (κ3) is 2.03. The molecule has 0 aromatic heterocycles. The number of carbonyl (C=O) groups is 4. The number of benzene rings is 1. The molecule has 5 atom stereocenters. The molecule has 1 aromatic carbocycles. The van der Waals surface area contributed by atoms with Gasteiger partial charge in [0.1, 0.15) is 11.4 Å². The first-order valence-corrected chi connectivity index (χ1v) is 8.92. The van der Waals surface area contributed by atoms with E-state index in [0.717, 1.165) is 0 Å². The van der Waals surface area contributed by atoms with Crippen LogP contribution in [0.3, 0.4) is 0 Å². The van der Waals surface area contributed by atoms with Gasteiger partial charge < -0.3 is 20.1 Å². The minimum Gasteiger partial charge on any atom is -0.479 e. The number of nitrogens with one attached hydrogen (secondary N) is 1. The maximum Gasteiger partial charge on any atom is 0.331 e. The maximum absolute atomic E-state index is 12.6. The minimum atomic E-state index is -1.17. The van der Waals surface area contributed by atoms with Crippen LogP contribution in [-0.2, 0) is 23.9 Å². The number of amides is 2. The highest BCUT2D eigenvalue weighted by molar-refractivity contribution is 8.02. The lowest BCUT2D eigenvalue weighted by Crippen LogP contribution is -2.72. The molecule has 0 spiro atoms. The number of β-lactam (4-membered cyclic amide) rings is 1. The standard InChI is InChI=1S/C17H16N2O6S/c1-16-7-17(16,15(23)24)19-13(22)10(14(19)26-16)18-12(21)11(25-8-20)9-5-3-2-4-6-9/h2-6,8,10-11,14H,7H2,1H3,(H,18,21)(H,23,24)/t10?,11?,14-,16?,17?/m0/s1. The number of hydrogen-bond acceptors (Lipinski definition) is 6. The number of nitrogens with zero attached hydrogens (tertiary/aromatic N) is 1. The minimum absolute atomic E-state index is 0.187. The van der Waals surface area contributed by atoms with E-state index >= 15 is 0 Å². The lowest BCUT2D eigenvalue weighted by atomic mass is 10.00. The largest absolute Gasteiger partial charge is 0.479 e. The fourth-order valence-corrected chi connectivity index (χ4v) is 5.84. The summed E-state index contributed by atoms with van der Waals surface area (Å²) in [4.78, 5) is 48.9. The second-order valence-electron chi connectivity index (χ2n) is 6.80. The number of ether oxygens (including phenoxy) is 1. The van der Waals surface area contributed by atoms with Crippen LogP contribution in [0.5, 0.6) is 0 Å². The zero-order valence-corrected chi connectivity index (χ0v) is 14.6. The zero-order chi connectivity index (χ0) is 18.7. The molecule has 8 nitrogen and oxygen atoms in total. The van der Waals surface area contributed by atoms with Gasteiger partial charge in [-0.2, -0.15) is 0 Å². The van der Waals surface area contributed by atoms with Gasteiger partial charge in [-0.1, -0.05) is 30.3 Å². The van der Waals surface area contributed by atoms with E-state index in [0.29, 0.717) is 12.0 Å². The molecule has 1 saturated carbocycles. The first-order valence-electron chi connectivity index (χ1n) is 8.04. The summed E-state index contributed by atoms with van der Waals surface area (Å²) in [5, 5.41) is 11.7. The van der Waals surface area contributed by atoms with Crippen molar-refractivity contribution in [3.63, 3.8) is 0 Å². The lowest BCUT2D eigenvalue weighted by molar-refractivity contribution is -0.164. The summed E-state index contributed by atoms with van der Waals surface area (Å²) >= 11 is 1.39. The maximum atomic E-state index is 12.6. The summed E-state index contributed by atoms with van der Waals surface area (Å²) in [6.07, 6.45) is -0.760. The van der Waals surface area contributed by atoms with Crippen molar-refractivity contribution >= 4 is 36.0 Å². The fraction of sp³-hybridized carbons (Fsp3) is 0.412. The topological polar surface area (TPSA) is 113 Å². The summed E-state index contributed by atoms with van der Waals surface area (Å²) in [6.45, 7) is 2.00. The Hall–Kier alpha value is -2.55. The molecule has 9 heteroatoms. The number of carboxylic acid groups (broad SMARTS) is 1. The number of aliphatic carboxylic acids is 1. The van der Waals surface area contributed by atoms with Gasteiger partial charge in [0.25, 0.3) is 12.4 Å². The second-order valence-corrected chi connectivity index (χ2v) is 8.42. The van der Waals surface area contributed by atoms with Crippen molar-refractivity contribution < 1.29 is 29.0 Å². The average Bonchev–Trinajstić information content (AvgIpc) is 3.16. The predicted octanol–water partition coefficient (Wildman–Crippen LogP) is 0.286. The van der Waals surface area contributed by atoms with Gasteiger partial charge in [-0.15, -0.1) is 11.8 Å². The van der Waals surface area contributed by atoms with E-state index in [1.54, 1.807) is 30.3 Å². The Morgan fingerprint density at radius 1 is 1.42 bits per heavy atom. The van der Waals surface area contributed by atoms with Crippen molar-refractivity contribution in [3.8, 4) is 0 Å². The second kappa shape index (κ2) is 5.47. The van der Waals surface area contributed by atoms with Crippen LogP contribution in [0.1, 0.15) is 25.0 Å². The third-order valence-electron chi connectivity index (χ3n) is 5.36. The quantitative estimate of drug-likeness (QED) is 0.542. The molecule has 2 saturated heterocycles. The van der Waals surface area contributed by atoms with Crippen molar-refractivity contribution in [1.82, 2.24) is 10.2 Å². The number of hydrogen-bond donors (Lipinski definition) is 2. The smallest absolute Gasteiger partial charge is 0.331 e. The number of fused-ring (bicyclic) bond motifs is 3. The van der Waals surface area contributed by atoms with Crippen LogP contribution < -0.4 is 5.32 Å². The van der Waals surface area contributed by atoms with E-state index in [2.05, 4.69) is 5.32 Å². The van der Waals surface area contributed by atoms with E-state index in [1.165, 1.54) is 16.7 Å². The van der Waals surface area contributed by atoms with Crippen LogP contribution in [0.25, 0.3) is 0 Å². The van der Waals surface area contributed by atoms with Gasteiger partial charge in [0.2, 0.25) is 12.0 Å². The molecule has 4 unspecified atom stereocenters. The molecule has 4 rings (SSSR count).